The van der Waals surface area contributed by atoms with Crippen LogP contribution in [0.15, 0.2) is 16.5 Å². The van der Waals surface area contributed by atoms with Crippen LogP contribution in [0.2, 0.25) is 0 Å². The molecular formula is C12H14O11. The molecule has 1 rings (SSSR count). The highest BCUT2D eigenvalue weighted by Gasteiger charge is 2.27. The van der Waals surface area contributed by atoms with Crippen LogP contribution in [0.3, 0.4) is 0 Å². The standard InChI is InChI=1S/C6H8O7.C6H6O4/c7-2(4(9)6(12)13)1-3(8)5(10)11;7-3-5-1-2-6(10-5)9-4-8/h2,4,7,9H,1H2,(H,10,11)(H,12,13);1-2,4,7H,3H2/t2-,4+;/m0./s1. The summed E-state index contributed by atoms with van der Waals surface area (Å²) in [5, 5.41) is 42.1. The summed E-state index contributed by atoms with van der Waals surface area (Å²) in [6, 6.07) is 2.98. The summed E-state index contributed by atoms with van der Waals surface area (Å²) >= 11 is 0. The summed E-state index contributed by atoms with van der Waals surface area (Å²) in [7, 11) is 0. The number of aliphatic carboxylic acids is 2. The van der Waals surface area contributed by atoms with Gasteiger partial charge in [0.1, 0.15) is 12.4 Å². The van der Waals surface area contributed by atoms with Gasteiger partial charge in [-0.1, -0.05) is 0 Å². The first-order valence-corrected chi connectivity index (χ1v) is 5.87. The Hall–Kier alpha value is -2.76. The molecular weight excluding hydrogens is 320 g/mol. The molecule has 0 unspecified atom stereocenters. The molecule has 0 aromatic carbocycles. The average Bonchev–Trinajstić information content (AvgIpc) is 2.94. The summed E-state index contributed by atoms with van der Waals surface area (Å²) in [4.78, 5) is 40.1. The molecule has 128 valence electrons. The third kappa shape index (κ3) is 7.71. The van der Waals surface area contributed by atoms with Crippen LogP contribution in [-0.2, 0) is 25.8 Å². The van der Waals surface area contributed by atoms with Gasteiger partial charge in [-0.05, 0) is 6.07 Å². The highest BCUT2D eigenvalue weighted by molar-refractivity contribution is 6.32. The first-order chi connectivity index (χ1) is 10.7. The molecule has 0 spiro atoms. The van der Waals surface area contributed by atoms with Crippen LogP contribution in [0, 0.1) is 0 Å². The molecule has 11 heteroatoms. The van der Waals surface area contributed by atoms with E-state index < -0.39 is 36.4 Å². The predicted molar refractivity (Wildman–Crippen MR) is 68.2 cm³/mol. The Kier molecular flexibility index (Phi) is 8.84. The second-order valence-electron chi connectivity index (χ2n) is 3.88. The van der Waals surface area contributed by atoms with Crippen molar-refractivity contribution < 1.29 is 53.9 Å². The first-order valence-electron chi connectivity index (χ1n) is 5.87. The number of hydrogen-bond acceptors (Lipinski definition) is 9. The number of hydrogen-bond donors (Lipinski definition) is 5. The Balaban J connectivity index is 0.000000433. The van der Waals surface area contributed by atoms with Gasteiger partial charge in [-0.3, -0.25) is 9.59 Å². The third-order valence-corrected chi connectivity index (χ3v) is 2.21. The fourth-order valence-corrected chi connectivity index (χ4v) is 1.11. The van der Waals surface area contributed by atoms with E-state index in [2.05, 4.69) is 4.74 Å². The predicted octanol–water partition coefficient (Wildman–Crippen LogP) is -1.86. The Morgan fingerprint density at radius 1 is 1.22 bits per heavy atom. The van der Waals surface area contributed by atoms with E-state index in [1.165, 1.54) is 12.1 Å². The van der Waals surface area contributed by atoms with E-state index in [1.54, 1.807) is 0 Å². The highest BCUT2D eigenvalue weighted by atomic mass is 16.6. The number of carboxylic acids is 2. The van der Waals surface area contributed by atoms with E-state index in [9.17, 15) is 19.2 Å². The van der Waals surface area contributed by atoms with Gasteiger partial charge in [0.2, 0.25) is 5.78 Å². The van der Waals surface area contributed by atoms with E-state index in [4.69, 9.17) is 29.9 Å². The second kappa shape index (κ2) is 10.0. The molecule has 1 aromatic heterocycles. The smallest absolute Gasteiger partial charge is 0.372 e. The van der Waals surface area contributed by atoms with Crippen LogP contribution in [0.25, 0.3) is 0 Å². The van der Waals surface area contributed by atoms with Gasteiger partial charge in [-0.2, -0.15) is 0 Å². The summed E-state index contributed by atoms with van der Waals surface area (Å²) in [6.07, 6.45) is -4.98. The number of ether oxygens (including phenoxy) is 1. The van der Waals surface area contributed by atoms with Crippen molar-refractivity contribution in [3.63, 3.8) is 0 Å². The first kappa shape index (κ1) is 20.2. The Labute approximate surface area is 128 Å². The molecule has 0 amide bonds. The summed E-state index contributed by atoms with van der Waals surface area (Å²) in [5.74, 6) is -4.38. The lowest BCUT2D eigenvalue weighted by Gasteiger charge is -2.11. The number of carboxylic acid groups (broad SMARTS) is 2. The van der Waals surface area contributed by atoms with Crippen molar-refractivity contribution in [1.82, 2.24) is 0 Å². The average molecular weight is 334 g/mol. The van der Waals surface area contributed by atoms with Crippen LogP contribution in [-0.4, -0.2) is 61.9 Å². The molecule has 1 aromatic rings. The van der Waals surface area contributed by atoms with Gasteiger partial charge in [0, 0.05) is 12.5 Å². The van der Waals surface area contributed by atoms with E-state index in [0.29, 0.717) is 5.76 Å². The fraction of sp³-hybridized carbons (Fsp3) is 0.333. The van der Waals surface area contributed by atoms with Crippen molar-refractivity contribution in [3.8, 4) is 5.95 Å². The Bertz CT molecular complexity index is 547. The molecule has 0 fully saturated rings. The normalized spacial score (nSPS) is 12.3. The Morgan fingerprint density at radius 2 is 1.83 bits per heavy atom. The van der Waals surface area contributed by atoms with Crippen molar-refractivity contribution >= 4 is 24.2 Å². The number of Topliss-reactive ketones (excluding diaryl/α,β-unsaturated/α-hetero) is 1. The minimum Gasteiger partial charge on any atom is -0.479 e. The van der Waals surface area contributed by atoms with Gasteiger partial charge in [-0.15, -0.1) is 0 Å². The van der Waals surface area contributed by atoms with Crippen LogP contribution >= 0.6 is 0 Å². The minimum atomic E-state index is -2.15. The number of carbonyl (C=O) groups is 4. The zero-order valence-electron chi connectivity index (χ0n) is 11.5. The van der Waals surface area contributed by atoms with Crippen LogP contribution in [0.1, 0.15) is 12.2 Å². The zero-order valence-corrected chi connectivity index (χ0v) is 11.5. The molecule has 0 aliphatic carbocycles. The molecule has 0 saturated heterocycles. The maximum absolute atomic E-state index is 10.4. The molecule has 0 bridgehead atoms. The topological polar surface area (TPSA) is 192 Å². The molecule has 0 aliphatic heterocycles. The lowest BCUT2D eigenvalue weighted by atomic mass is 10.1. The van der Waals surface area contributed by atoms with Crippen LogP contribution in [0.4, 0.5) is 0 Å². The van der Waals surface area contributed by atoms with Gasteiger partial charge in [0.25, 0.3) is 5.95 Å². The maximum atomic E-state index is 10.4. The van der Waals surface area contributed by atoms with Gasteiger partial charge >= 0.3 is 18.4 Å². The van der Waals surface area contributed by atoms with Crippen molar-refractivity contribution in [2.24, 2.45) is 0 Å². The number of aliphatic hydroxyl groups excluding tert-OH is 3. The number of carbonyl (C=O) groups excluding carboxylic acids is 2. The second-order valence-corrected chi connectivity index (χ2v) is 3.88. The summed E-state index contributed by atoms with van der Waals surface area (Å²) in [6.45, 7) is 0.0716. The van der Waals surface area contributed by atoms with Gasteiger partial charge in [0.05, 0.1) is 6.10 Å². The molecule has 1 heterocycles. The van der Waals surface area contributed by atoms with E-state index in [0.717, 1.165) is 0 Å². The lowest BCUT2D eigenvalue weighted by Crippen LogP contribution is -2.36. The van der Waals surface area contributed by atoms with Gasteiger partial charge < -0.3 is 34.7 Å². The number of ketones is 1. The molecule has 5 N–H and O–H groups in total. The Morgan fingerprint density at radius 3 is 2.22 bits per heavy atom. The van der Waals surface area contributed by atoms with Crippen molar-refractivity contribution in [2.75, 3.05) is 0 Å². The SMILES string of the molecule is O=C(O)C(=O)C[C@H](O)[C@@H](O)C(=O)O.O=COc1ccc(CO)o1. The van der Waals surface area contributed by atoms with E-state index in [1.807, 2.05) is 0 Å². The van der Waals surface area contributed by atoms with Crippen LogP contribution < -0.4 is 4.74 Å². The minimum absolute atomic E-state index is 0.0963. The quantitative estimate of drug-likeness (QED) is 0.264. The molecule has 23 heavy (non-hydrogen) atoms. The lowest BCUT2D eigenvalue weighted by molar-refractivity contribution is -0.156. The van der Waals surface area contributed by atoms with E-state index >= 15 is 0 Å². The van der Waals surface area contributed by atoms with Gasteiger partial charge in [0.15, 0.2) is 6.10 Å². The molecule has 0 radical (unpaired) electrons. The third-order valence-electron chi connectivity index (χ3n) is 2.21. The molecule has 11 nitrogen and oxygen atoms in total. The number of furan rings is 1. The molecule has 0 saturated carbocycles. The van der Waals surface area contributed by atoms with Crippen molar-refractivity contribution in [2.45, 2.75) is 25.2 Å². The maximum Gasteiger partial charge on any atom is 0.372 e. The highest BCUT2D eigenvalue weighted by Crippen LogP contribution is 2.14. The molecule has 0 aliphatic rings. The largest absolute Gasteiger partial charge is 0.479 e. The van der Waals surface area contributed by atoms with Crippen LogP contribution in [0.5, 0.6) is 5.95 Å². The fourth-order valence-electron chi connectivity index (χ4n) is 1.11. The molecule has 2 atom stereocenters. The summed E-state index contributed by atoms with van der Waals surface area (Å²) in [5.41, 5.74) is 0. The van der Waals surface area contributed by atoms with Crippen molar-refractivity contribution in [3.05, 3.63) is 17.9 Å². The van der Waals surface area contributed by atoms with E-state index in [-0.39, 0.29) is 19.0 Å². The van der Waals surface area contributed by atoms with Gasteiger partial charge in [-0.25, -0.2) is 9.59 Å². The monoisotopic (exact) mass is 334 g/mol. The van der Waals surface area contributed by atoms with Crippen molar-refractivity contribution in [1.29, 1.82) is 0 Å². The number of aliphatic hydroxyl groups is 3. The zero-order chi connectivity index (χ0) is 18.0. The summed E-state index contributed by atoms with van der Waals surface area (Å²) < 4.78 is 9.10. The number of rotatable bonds is 8.